The fourth-order valence-electron chi connectivity index (χ4n) is 1.88. The quantitative estimate of drug-likeness (QED) is 0.419. The van der Waals surface area contributed by atoms with Gasteiger partial charge in [0.1, 0.15) is 11.8 Å². The molecule has 1 atom stereocenters. The molecule has 102 valence electrons. The molecule has 1 aliphatic rings. The average molecular weight is 264 g/mol. The lowest BCUT2D eigenvalue weighted by atomic mass is 10.0. The van der Waals surface area contributed by atoms with Crippen molar-refractivity contribution in [1.82, 2.24) is 10.7 Å². The molecule has 0 amide bonds. The van der Waals surface area contributed by atoms with Gasteiger partial charge in [0.25, 0.3) is 0 Å². The highest BCUT2D eigenvalue weighted by Crippen LogP contribution is 2.31. The number of carbonyl (C=O) groups excluding carboxylic acids is 1. The van der Waals surface area contributed by atoms with Crippen LogP contribution in [-0.2, 0) is 9.53 Å². The number of esters is 1. The Balaban J connectivity index is 2.40. The average Bonchev–Trinajstić information content (AvgIpc) is 2.91. The highest BCUT2D eigenvalue weighted by atomic mass is 16.5. The summed E-state index contributed by atoms with van der Waals surface area (Å²) in [6.07, 6.45) is 1.53. The molecule has 7 nitrogen and oxygen atoms in total. The highest BCUT2D eigenvalue weighted by molar-refractivity contribution is 5.95. The minimum absolute atomic E-state index is 0.298. The first-order valence-electron chi connectivity index (χ1n) is 5.90. The maximum atomic E-state index is 12.0. The monoisotopic (exact) mass is 264 g/mol. The summed E-state index contributed by atoms with van der Waals surface area (Å²) in [5, 5.41) is 2.90. The van der Waals surface area contributed by atoms with Gasteiger partial charge in [-0.2, -0.15) is 0 Å². The number of hydrogen-bond donors (Lipinski definition) is 3. The molecule has 19 heavy (non-hydrogen) atoms. The third-order valence-corrected chi connectivity index (χ3v) is 2.69. The largest absolute Gasteiger partial charge is 0.467 e. The molecule has 2 rings (SSSR count). The highest BCUT2D eigenvalue weighted by Gasteiger charge is 2.31. The normalized spacial score (nSPS) is 18.7. The Morgan fingerprint density at radius 2 is 2.47 bits per heavy atom. The molecule has 0 bridgehead atoms. The van der Waals surface area contributed by atoms with Crippen LogP contribution in [0.1, 0.15) is 25.6 Å². The van der Waals surface area contributed by atoms with Crippen LogP contribution in [0.15, 0.2) is 39.1 Å². The minimum Gasteiger partial charge on any atom is -0.467 e. The van der Waals surface area contributed by atoms with Gasteiger partial charge < -0.3 is 14.5 Å². The van der Waals surface area contributed by atoms with Crippen molar-refractivity contribution < 1.29 is 13.9 Å². The number of carbonyl (C=O) groups is 1. The van der Waals surface area contributed by atoms with E-state index in [2.05, 4.69) is 15.7 Å². The summed E-state index contributed by atoms with van der Waals surface area (Å²) in [6.45, 7) is 3.81. The molecule has 0 aromatic carbocycles. The van der Waals surface area contributed by atoms with Crippen LogP contribution >= 0.6 is 0 Å². The standard InChI is InChI=1S/C12H16N4O3/c1-3-18-11(17)9-7(2)14-12(16-13)15-10(9)8-5-4-6-19-8/h4-6,10H,3,13H2,1-2H3,(H2,14,15,16)/t10-/m1/s1. The fraction of sp³-hybridized carbons (Fsp3) is 0.333. The molecule has 0 fully saturated rings. The van der Waals surface area contributed by atoms with Gasteiger partial charge in [-0.15, -0.1) is 0 Å². The predicted molar refractivity (Wildman–Crippen MR) is 68.7 cm³/mol. The van der Waals surface area contributed by atoms with E-state index in [4.69, 9.17) is 15.0 Å². The number of aliphatic imine (C=N–C) groups is 1. The lowest BCUT2D eigenvalue weighted by molar-refractivity contribution is -0.139. The molecule has 1 aromatic rings. The second-order valence-corrected chi connectivity index (χ2v) is 3.92. The van der Waals surface area contributed by atoms with Crippen molar-refractivity contribution in [1.29, 1.82) is 0 Å². The van der Waals surface area contributed by atoms with E-state index in [1.54, 1.807) is 26.0 Å². The number of hydrogen-bond acceptors (Lipinski definition) is 7. The van der Waals surface area contributed by atoms with Crippen LogP contribution in [-0.4, -0.2) is 18.5 Å². The van der Waals surface area contributed by atoms with E-state index < -0.39 is 12.0 Å². The predicted octanol–water partition coefficient (Wildman–Crippen LogP) is 0.580. The molecule has 1 aromatic heterocycles. The van der Waals surface area contributed by atoms with Gasteiger partial charge in [-0.25, -0.2) is 15.6 Å². The molecule has 0 radical (unpaired) electrons. The molecule has 0 saturated carbocycles. The second kappa shape index (κ2) is 5.57. The number of nitrogens with zero attached hydrogens (tertiary/aromatic N) is 1. The van der Waals surface area contributed by atoms with Gasteiger partial charge in [0, 0.05) is 5.70 Å². The van der Waals surface area contributed by atoms with E-state index in [1.807, 2.05) is 0 Å². The first kappa shape index (κ1) is 13.2. The Hall–Kier alpha value is -2.28. The number of nitrogens with two attached hydrogens (primary N) is 1. The van der Waals surface area contributed by atoms with Gasteiger partial charge in [-0.3, -0.25) is 5.43 Å². The van der Waals surface area contributed by atoms with E-state index in [1.165, 1.54) is 6.26 Å². The summed E-state index contributed by atoms with van der Waals surface area (Å²) in [6, 6.07) is 2.92. The maximum Gasteiger partial charge on any atom is 0.338 e. The van der Waals surface area contributed by atoms with Crippen LogP contribution in [0.3, 0.4) is 0 Å². The van der Waals surface area contributed by atoms with E-state index in [0.29, 0.717) is 29.6 Å². The van der Waals surface area contributed by atoms with Gasteiger partial charge in [0.15, 0.2) is 0 Å². The molecule has 0 spiro atoms. The Bertz CT molecular complexity index is 519. The van der Waals surface area contributed by atoms with E-state index in [-0.39, 0.29) is 0 Å². The summed E-state index contributed by atoms with van der Waals surface area (Å²) in [5.41, 5.74) is 3.47. The first-order valence-corrected chi connectivity index (χ1v) is 5.90. The second-order valence-electron chi connectivity index (χ2n) is 3.92. The molecule has 7 heteroatoms. The fourth-order valence-corrected chi connectivity index (χ4v) is 1.88. The molecule has 1 aliphatic heterocycles. The van der Waals surface area contributed by atoms with Crippen molar-refractivity contribution in [2.75, 3.05) is 6.61 Å². The van der Waals surface area contributed by atoms with Crippen molar-refractivity contribution in [3.63, 3.8) is 0 Å². The van der Waals surface area contributed by atoms with Crippen LogP contribution in [0, 0.1) is 0 Å². The molecule has 0 aliphatic carbocycles. The number of hydrazine groups is 1. The summed E-state index contributed by atoms with van der Waals surface area (Å²) in [4.78, 5) is 16.3. The topological polar surface area (TPSA) is 102 Å². The molecule has 0 saturated heterocycles. The minimum atomic E-state index is -0.568. The Kier molecular flexibility index (Phi) is 3.86. The van der Waals surface area contributed by atoms with Crippen LogP contribution in [0.4, 0.5) is 0 Å². The van der Waals surface area contributed by atoms with Crippen LogP contribution < -0.4 is 16.6 Å². The van der Waals surface area contributed by atoms with Gasteiger partial charge in [-0.05, 0) is 26.0 Å². The van der Waals surface area contributed by atoms with Crippen molar-refractivity contribution in [2.24, 2.45) is 10.8 Å². The van der Waals surface area contributed by atoms with Crippen molar-refractivity contribution in [3.8, 4) is 0 Å². The Morgan fingerprint density at radius 3 is 3.05 bits per heavy atom. The molecule has 2 heterocycles. The maximum absolute atomic E-state index is 12.0. The Labute approximate surface area is 110 Å². The number of allylic oxidation sites excluding steroid dienone is 1. The number of guanidine groups is 1. The van der Waals surface area contributed by atoms with Crippen LogP contribution in [0.2, 0.25) is 0 Å². The number of ether oxygens (including phenoxy) is 1. The zero-order chi connectivity index (χ0) is 13.8. The lowest BCUT2D eigenvalue weighted by Gasteiger charge is -2.24. The van der Waals surface area contributed by atoms with Crippen molar-refractivity contribution >= 4 is 11.9 Å². The van der Waals surface area contributed by atoms with Crippen molar-refractivity contribution in [3.05, 3.63) is 35.4 Å². The van der Waals surface area contributed by atoms with Crippen molar-refractivity contribution in [2.45, 2.75) is 19.9 Å². The summed E-state index contributed by atoms with van der Waals surface area (Å²) in [5.74, 6) is 5.85. The van der Waals surface area contributed by atoms with Gasteiger partial charge in [0.2, 0.25) is 5.96 Å². The van der Waals surface area contributed by atoms with E-state index in [0.717, 1.165) is 0 Å². The summed E-state index contributed by atoms with van der Waals surface area (Å²) >= 11 is 0. The van der Waals surface area contributed by atoms with Gasteiger partial charge in [0.05, 0.1) is 18.4 Å². The zero-order valence-electron chi connectivity index (χ0n) is 10.8. The molecule has 4 N–H and O–H groups in total. The third-order valence-electron chi connectivity index (χ3n) is 2.69. The Morgan fingerprint density at radius 1 is 1.68 bits per heavy atom. The molecular formula is C12H16N4O3. The summed E-state index contributed by atoms with van der Waals surface area (Å²) < 4.78 is 10.4. The summed E-state index contributed by atoms with van der Waals surface area (Å²) in [7, 11) is 0. The number of furan rings is 1. The first-order chi connectivity index (χ1) is 9.17. The van der Waals surface area contributed by atoms with E-state index in [9.17, 15) is 4.79 Å². The number of rotatable bonds is 3. The SMILES string of the molecule is CCOC(=O)C1=C(C)NC(NN)=N[C@@H]1c1ccco1. The number of nitrogens with one attached hydrogen (secondary N) is 2. The molecule has 0 unspecified atom stereocenters. The lowest BCUT2D eigenvalue weighted by Crippen LogP contribution is -2.44. The van der Waals surface area contributed by atoms with Gasteiger partial charge >= 0.3 is 5.97 Å². The third kappa shape index (κ3) is 2.60. The smallest absolute Gasteiger partial charge is 0.338 e. The van der Waals surface area contributed by atoms with Crippen LogP contribution in [0.5, 0.6) is 0 Å². The van der Waals surface area contributed by atoms with Crippen LogP contribution in [0.25, 0.3) is 0 Å². The van der Waals surface area contributed by atoms with E-state index >= 15 is 0 Å². The molecular weight excluding hydrogens is 248 g/mol. The zero-order valence-corrected chi connectivity index (χ0v) is 10.8. The van der Waals surface area contributed by atoms with Gasteiger partial charge in [-0.1, -0.05) is 0 Å².